The Bertz CT molecular complexity index is 417. The van der Waals surface area contributed by atoms with Crippen molar-refractivity contribution in [3.63, 3.8) is 0 Å². The van der Waals surface area contributed by atoms with Gasteiger partial charge in [0.15, 0.2) is 0 Å². The summed E-state index contributed by atoms with van der Waals surface area (Å²) in [6.07, 6.45) is 4.77. The van der Waals surface area contributed by atoms with Crippen LogP contribution in [-0.2, 0) is 4.74 Å². The summed E-state index contributed by atoms with van der Waals surface area (Å²) in [5, 5.41) is 3.69. The number of hydrogen-bond donors (Lipinski definition) is 1. The standard InChI is InChI=1S/C16H23NO/c1-3-17-16(13-7-5-4-6-11(13)2)14-10-12-8-9-15(14)18-12/h4-7,12,14-17H,3,8-10H2,1-2H3. The summed E-state index contributed by atoms with van der Waals surface area (Å²) < 4.78 is 6.03. The molecule has 4 atom stereocenters. The van der Waals surface area contributed by atoms with Crippen LogP contribution in [0, 0.1) is 12.8 Å². The molecule has 0 radical (unpaired) electrons. The lowest BCUT2D eigenvalue weighted by Crippen LogP contribution is -2.34. The van der Waals surface area contributed by atoms with Crippen molar-refractivity contribution in [2.75, 3.05) is 6.54 Å². The van der Waals surface area contributed by atoms with Crippen LogP contribution in [0.3, 0.4) is 0 Å². The van der Waals surface area contributed by atoms with E-state index in [0.717, 1.165) is 6.54 Å². The van der Waals surface area contributed by atoms with E-state index in [2.05, 4.69) is 43.4 Å². The third-order valence-corrected chi connectivity index (χ3v) is 4.53. The van der Waals surface area contributed by atoms with E-state index in [-0.39, 0.29) is 0 Å². The summed E-state index contributed by atoms with van der Waals surface area (Å²) in [6.45, 7) is 5.43. The minimum atomic E-state index is 0.464. The fourth-order valence-corrected chi connectivity index (χ4v) is 3.68. The van der Waals surface area contributed by atoms with Crippen molar-refractivity contribution in [2.45, 2.75) is 51.4 Å². The average molecular weight is 245 g/mol. The molecule has 2 aliphatic rings. The largest absolute Gasteiger partial charge is 0.375 e. The van der Waals surface area contributed by atoms with Crippen LogP contribution in [0.25, 0.3) is 0 Å². The van der Waals surface area contributed by atoms with Gasteiger partial charge in [0, 0.05) is 12.0 Å². The maximum atomic E-state index is 6.03. The second kappa shape index (κ2) is 5.02. The van der Waals surface area contributed by atoms with Crippen LogP contribution in [0.4, 0.5) is 0 Å². The molecule has 4 unspecified atom stereocenters. The van der Waals surface area contributed by atoms with Crippen LogP contribution < -0.4 is 5.32 Å². The number of rotatable bonds is 4. The number of ether oxygens (including phenoxy) is 1. The van der Waals surface area contributed by atoms with Crippen molar-refractivity contribution in [3.8, 4) is 0 Å². The van der Waals surface area contributed by atoms with Gasteiger partial charge in [-0.15, -0.1) is 0 Å². The number of hydrogen-bond acceptors (Lipinski definition) is 2. The zero-order chi connectivity index (χ0) is 12.5. The van der Waals surface area contributed by atoms with E-state index in [1.165, 1.54) is 30.4 Å². The molecule has 18 heavy (non-hydrogen) atoms. The first-order valence-corrected chi connectivity index (χ1v) is 7.24. The molecule has 0 saturated carbocycles. The van der Waals surface area contributed by atoms with Gasteiger partial charge in [0.25, 0.3) is 0 Å². The van der Waals surface area contributed by atoms with Gasteiger partial charge in [0.2, 0.25) is 0 Å². The molecule has 2 saturated heterocycles. The highest BCUT2D eigenvalue weighted by atomic mass is 16.5. The first kappa shape index (κ1) is 12.2. The highest BCUT2D eigenvalue weighted by molar-refractivity contribution is 5.30. The molecule has 0 aromatic heterocycles. The van der Waals surface area contributed by atoms with E-state index < -0.39 is 0 Å². The fraction of sp³-hybridized carbons (Fsp3) is 0.625. The summed E-state index contributed by atoms with van der Waals surface area (Å²) in [5.41, 5.74) is 2.85. The molecule has 0 amide bonds. The van der Waals surface area contributed by atoms with Gasteiger partial charge in [-0.05, 0) is 43.9 Å². The van der Waals surface area contributed by atoms with Crippen molar-refractivity contribution in [1.82, 2.24) is 5.32 Å². The molecule has 0 spiro atoms. The van der Waals surface area contributed by atoms with Crippen molar-refractivity contribution < 1.29 is 4.74 Å². The third kappa shape index (κ3) is 2.08. The van der Waals surface area contributed by atoms with Gasteiger partial charge in [-0.1, -0.05) is 31.2 Å². The van der Waals surface area contributed by atoms with Gasteiger partial charge in [0.05, 0.1) is 12.2 Å². The quantitative estimate of drug-likeness (QED) is 0.879. The number of aryl methyl sites for hydroxylation is 1. The monoisotopic (exact) mass is 245 g/mol. The molecule has 2 nitrogen and oxygen atoms in total. The number of fused-ring (bicyclic) bond motifs is 2. The van der Waals surface area contributed by atoms with Crippen LogP contribution in [0.2, 0.25) is 0 Å². The minimum absolute atomic E-state index is 0.464. The molecular weight excluding hydrogens is 222 g/mol. The molecular formula is C16H23NO. The Labute approximate surface area is 110 Å². The van der Waals surface area contributed by atoms with Gasteiger partial charge < -0.3 is 10.1 Å². The summed E-state index contributed by atoms with van der Waals surface area (Å²) in [4.78, 5) is 0. The lowest BCUT2D eigenvalue weighted by atomic mass is 9.80. The molecule has 2 bridgehead atoms. The first-order valence-electron chi connectivity index (χ1n) is 7.24. The van der Waals surface area contributed by atoms with E-state index in [9.17, 15) is 0 Å². The molecule has 1 aromatic carbocycles. The van der Waals surface area contributed by atoms with Crippen LogP contribution in [0.5, 0.6) is 0 Å². The van der Waals surface area contributed by atoms with Crippen molar-refractivity contribution >= 4 is 0 Å². The molecule has 3 rings (SSSR count). The van der Waals surface area contributed by atoms with E-state index in [0.29, 0.717) is 24.2 Å². The Morgan fingerprint density at radius 2 is 2.17 bits per heavy atom. The molecule has 98 valence electrons. The molecule has 2 heteroatoms. The second-order valence-corrected chi connectivity index (χ2v) is 5.67. The van der Waals surface area contributed by atoms with Gasteiger partial charge >= 0.3 is 0 Å². The fourth-order valence-electron chi connectivity index (χ4n) is 3.68. The van der Waals surface area contributed by atoms with Gasteiger partial charge in [-0.2, -0.15) is 0 Å². The maximum Gasteiger partial charge on any atom is 0.0627 e. The summed E-state index contributed by atoms with van der Waals surface area (Å²) in [6, 6.07) is 9.23. The summed E-state index contributed by atoms with van der Waals surface area (Å²) in [5.74, 6) is 0.657. The number of benzene rings is 1. The Morgan fingerprint density at radius 3 is 2.78 bits per heavy atom. The van der Waals surface area contributed by atoms with E-state index >= 15 is 0 Å². The van der Waals surface area contributed by atoms with Crippen molar-refractivity contribution in [1.29, 1.82) is 0 Å². The van der Waals surface area contributed by atoms with Crippen molar-refractivity contribution in [3.05, 3.63) is 35.4 Å². The molecule has 2 aliphatic heterocycles. The Balaban J connectivity index is 1.86. The topological polar surface area (TPSA) is 21.3 Å². The Kier molecular flexibility index (Phi) is 3.40. The maximum absolute atomic E-state index is 6.03. The molecule has 0 aliphatic carbocycles. The van der Waals surface area contributed by atoms with Crippen LogP contribution in [0.15, 0.2) is 24.3 Å². The average Bonchev–Trinajstić information content (AvgIpc) is 2.99. The highest BCUT2D eigenvalue weighted by Gasteiger charge is 2.44. The van der Waals surface area contributed by atoms with E-state index in [1.807, 2.05) is 0 Å². The second-order valence-electron chi connectivity index (χ2n) is 5.67. The smallest absolute Gasteiger partial charge is 0.0627 e. The highest BCUT2D eigenvalue weighted by Crippen LogP contribution is 2.45. The van der Waals surface area contributed by atoms with Crippen LogP contribution in [-0.4, -0.2) is 18.8 Å². The lowest BCUT2D eigenvalue weighted by molar-refractivity contribution is 0.0858. The summed E-state index contributed by atoms with van der Waals surface area (Å²) >= 11 is 0. The summed E-state index contributed by atoms with van der Waals surface area (Å²) in [7, 11) is 0. The van der Waals surface area contributed by atoms with Gasteiger partial charge in [-0.3, -0.25) is 0 Å². The van der Waals surface area contributed by atoms with Gasteiger partial charge in [-0.25, -0.2) is 0 Å². The SMILES string of the molecule is CCNC(c1ccccc1C)C1CC2CCC1O2. The zero-order valence-corrected chi connectivity index (χ0v) is 11.4. The minimum Gasteiger partial charge on any atom is -0.375 e. The van der Waals surface area contributed by atoms with E-state index in [1.54, 1.807) is 0 Å². The predicted molar refractivity (Wildman–Crippen MR) is 73.6 cm³/mol. The van der Waals surface area contributed by atoms with Crippen LogP contribution >= 0.6 is 0 Å². The lowest BCUT2D eigenvalue weighted by Gasteiger charge is -2.30. The van der Waals surface area contributed by atoms with Crippen LogP contribution in [0.1, 0.15) is 43.4 Å². The Hall–Kier alpha value is -0.860. The molecule has 2 heterocycles. The molecule has 2 fully saturated rings. The number of nitrogens with one attached hydrogen (secondary N) is 1. The first-order chi connectivity index (χ1) is 8.79. The van der Waals surface area contributed by atoms with E-state index in [4.69, 9.17) is 4.74 Å². The van der Waals surface area contributed by atoms with Crippen molar-refractivity contribution in [2.24, 2.45) is 5.92 Å². The predicted octanol–water partition coefficient (Wildman–Crippen LogP) is 3.21. The molecule has 1 aromatic rings. The van der Waals surface area contributed by atoms with Gasteiger partial charge in [0.1, 0.15) is 0 Å². The third-order valence-electron chi connectivity index (χ3n) is 4.53. The molecule has 1 N–H and O–H groups in total. The normalized spacial score (nSPS) is 31.8. The Morgan fingerprint density at radius 1 is 1.33 bits per heavy atom. The zero-order valence-electron chi connectivity index (χ0n) is 11.4.